The third-order valence-corrected chi connectivity index (χ3v) is 3.18. The topological polar surface area (TPSA) is 36.3 Å². The molecule has 1 atom stereocenters. The molecular weight excluding hydrogens is 200 g/mol. The number of likely N-dealkylation sites (N-methyl/N-ethyl adjacent to an activating group) is 1. The van der Waals surface area contributed by atoms with Gasteiger partial charge in [-0.25, -0.2) is 0 Å². The molecule has 1 fully saturated rings. The highest BCUT2D eigenvalue weighted by atomic mass is 16.5. The van der Waals surface area contributed by atoms with E-state index in [4.69, 9.17) is 10.00 Å². The molecule has 0 saturated carbocycles. The van der Waals surface area contributed by atoms with E-state index in [0.29, 0.717) is 6.10 Å². The molecule has 0 bridgehead atoms. The second-order valence-corrected chi connectivity index (χ2v) is 5.50. The van der Waals surface area contributed by atoms with Crippen molar-refractivity contribution in [3.63, 3.8) is 0 Å². The number of rotatable bonds is 6. The monoisotopic (exact) mass is 224 g/mol. The smallest absolute Gasteiger partial charge is 0.0702 e. The highest BCUT2D eigenvalue weighted by molar-refractivity contribution is 4.91. The van der Waals surface area contributed by atoms with Crippen LogP contribution >= 0.6 is 0 Å². The maximum atomic E-state index is 8.91. The van der Waals surface area contributed by atoms with Crippen LogP contribution in [0.3, 0.4) is 0 Å². The molecule has 1 rings (SSSR count). The average Bonchev–Trinajstić information content (AvgIpc) is 2.70. The fourth-order valence-corrected chi connectivity index (χ4v) is 2.07. The first-order valence-electron chi connectivity index (χ1n) is 6.25. The minimum atomic E-state index is -0.176. The molecule has 16 heavy (non-hydrogen) atoms. The number of hydrogen-bond donors (Lipinski definition) is 0. The number of nitrogens with zero attached hydrogens (tertiary/aromatic N) is 2. The van der Waals surface area contributed by atoms with E-state index in [9.17, 15) is 0 Å². The van der Waals surface area contributed by atoms with Gasteiger partial charge in [-0.1, -0.05) is 0 Å². The van der Waals surface area contributed by atoms with Crippen molar-refractivity contribution in [2.75, 3.05) is 26.7 Å². The van der Waals surface area contributed by atoms with E-state index in [1.54, 1.807) is 0 Å². The van der Waals surface area contributed by atoms with Gasteiger partial charge in [-0.3, -0.25) is 0 Å². The van der Waals surface area contributed by atoms with E-state index in [2.05, 4.69) is 18.0 Å². The molecule has 1 heterocycles. The van der Waals surface area contributed by atoms with Gasteiger partial charge in [-0.05, 0) is 53.1 Å². The summed E-state index contributed by atoms with van der Waals surface area (Å²) in [5.74, 6) is 0. The van der Waals surface area contributed by atoms with Crippen LogP contribution in [-0.2, 0) is 4.74 Å². The van der Waals surface area contributed by atoms with Crippen molar-refractivity contribution < 1.29 is 4.74 Å². The lowest BCUT2D eigenvalue weighted by Gasteiger charge is -2.22. The van der Waals surface area contributed by atoms with Crippen LogP contribution in [0.15, 0.2) is 0 Å². The van der Waals surface area contributed by atoms with Gasteiger partial charge in [0.2, 0.25) is 0 Å². The SMILES string of the molecule is CN(CCCC(C)(C)C#N)CC1CCCO1. The summed E-state index contributed by atoms with van der Waals surface area (Å²) in [6.07, 6.45) is 4.91. The van der Waals surface area contributed by atoms with Crippen LogP contribution in [0.4, 0.5) is 0 Å². The molecule has 0 aromatic rings. The average molecular weight is 224 g/mol. The lowest BCUT2D eigenvalue weighted by molar-refractivity contribution is 0.0802. The normalized spacial score (nSPS) is 21.3. The lowest BCUT2D eigenvalue weighted by Crippen LogP contribution is -2.30. The van der Waals surface area contributed by atoms with Crippen LogP contribution in [0.25, 0.3) is 0 Å². The zero-order valence-corrected chi connectivity index (χ0v) is 10.8. The number of nitriles is 1. The largest absolute Gasteiger partial charge is 0.377 e. The Balaban J connectivity index is 2.10. The molecule has 0 aromatic carbocycles. The fraction of sp³-hybridized carbons (Fsp3) is 0.923. The molecule has 3 nitrogen and oxygen atoms in total. The third kappa shape index (κ3) is 4.96. The summed E-state index contributed by atoms with van der Waals surface area (Å²) in [5, 5.41) is 8.91. The van der Waals surface area contributed by atoms with Crippen molar-refractivity contribution in [1.82, 2.24) is 4.90 Å². The van der Waals surface area contributed by atoms with Gasteiger partial charge in [0, 0.05) is 13.2 Å². The minimum Gasteiger partial charge on any atom is -0.377 e. The highest BCUT2D eigenvalue weighted by Gasteiger charge is 2.19. The van der Waals surface area contributed by atoms with Crippen molar-refractivity contribution in [1.29, 1.82) is 5.26 Å². The van der Waals surface area contributed by atoms with Crippen LogP contribution in [-0.4, -0.2) is 37.7 Å². The highest BCUT2D eigenvalue weighted by Crippen LogP contribution is 2.21. The van der Waals surface area contributed by atoms with Gasteiger partial charge in [0.1, 0.15) is 0 Å². The Labute approximate surface area is 99.4 Å². The minimum absolute atomic E-state index is 0.176. The van der Waals surface area contributed by atoms with Gasteiger partial charge < -0.3 is 9.64 Å². The van der Waals surface area contributed by atoms with Crippen molar-refractivity contribution in [3.05, 3.63) is 0 Å². The second-order valence-electron chi connectivity index (χ2n) is 5.50. The van der Waals surface area contributed by atoms with Gasteiger partial charge in [-0.2, -0.15) is 5.26 Å². The first kappa shape index (κ1) is 13.5. The Morgan fingerprint density at radius 1 is 1.50 bits per heavy atom. The summed E-state index contributed by atoms with van der Waals surface area (Å²) in [4.78, 5) is 2.32. The predicted molar refractivity (Wildman–Crippen MR) is 65.1 cm³/mol. The Bertz CT molecular complexity index is 239. The molecule has 0 N–H and O–H groups in total. The van der Waals surface area contributed by atoms with Gasteiger partial charge in [0.15, 0.2) is 0 Å². The Hall–Kier alpha value is -0.590. The molecule has 1 saturated heterocycles. The van der Waals surface area contributed by atoms with Crippen LogP contribution in [0.2, 0.25) is 0 Å². The van der Waals surface area contributed by atoms with Crippen molar-refractivity contribution in [3.8, 4) is 6.07 Å². The van der Waals surface area contributed by atoms with Gasteiger partial charge in [0.05, 0.1) is 17.6 Å². The van der Waals surface area contributed by atoms with Crippen molar-refractivity contribution in [2.24, 2.45) is 5.41 Å². The van der Waals surface area contributed by atoms with E-state index in [1.807, 2.05) is 13.8 Å². The van der Waals surface area contributed by atoms with Crippen molar-refractivity contribution in [2.45, 2.75) is 45.6 Å². The summed E-state index contributed by atoms with van der Waals surface area (Å²) < 4.78 is 5.60. The van der Waals surface area contributed by atoms with E-state index >= 15 is 0 Å². The standard InChI is InChI=1S/C13H24N2O/c1-13(2,11-14)7-5-8-15(3)10-12-6-4-9-16-12/h12H,4-10H2,1-3H3. The molecule has 0 spiro atoms. The van der Waals surface area contributed by atoms with Gasteiger partial charge in [-0.15, -0.1) is 0 Å². The molecule has 92 valence electrons. The number of ether oxygens (including phenoxy) is 1. The molecule has 1 unspecified atom stereocenters. The molecule has 0 aliphatic carbocycles. The molecular formula is C13H24N2O. The van der Waals surface area contributed by atoms with Crippen LogP contribution in [0.5, 0.6) is 0 Å². The van der Waals surface area contributed by atoms with E-state index < -0.39 is 0 Å². The molecule has 0 aromatic heterocycles. The molecule has 0 radical (unpaired) electrons. The third-order valence-electron chi connectivity index (χ3n) is 3.18. The summed E-state index contributed by atoms with van der Waals surface area (Å²) in [5.41, 5.74) is -0.176. The summed E-state index contributed by atoms with van der Waals surface area (Å²) in [6, 6.07) is 2.34. The molecule has 0 amide bonds. The van der Waals surface area contributed by atoms with Crippen LogP contribution < -0.4 is 0 Å². The zero-order valence-electron chi connectivity index (χ0n) is 10.8. The fourth-order valence-electron chi connectivity index (χ4n) is 2.07. The maximum absolute atomic E-state index is 8.91. The second kappa shape index (κ2) is 6.22. The summed E-state index contributed by atoms with van der Waals surface area (Å²) in [7, 11) is 2.14. The Morgan fingerprint density at radius 3 is 2.81 bits per heavy atom. The maximum Gasteiger partial charge on any atom is 0.0702 e. The lowest BCUT2D eigenvalue weighted by atomic mass is 9.90. The van der Waals surface area contributed by atoms with Gasteiger partial charge >= 0.3 is 0 Å². The van der Waals surface area contributed by atoms with E-state index in [1.165, 1.54) is 12.8 Å². The summed E-state index contributed by atoms with van der Waals surface area (Å²) >= 11 is 0. The zero-order chi connectivity index (χ0) is 12.0. The quantitative estimate of drug-likeness (QED) is 0.695. The van der Waals surface area contributed by atoms with Crippen LogP contribution in [0, 0.1) is 16.7 Å². The predicted octanol–water partition coefficient (Wildman–Crippen LogP) is 2.43. The number of hydrogen-bond acceptors (Lipinski definition) is 3. The van der Waals surface area contributed by atoms with Crippen molar-refractivity contribution >= 4 is 0 Å². The first-order valence-corrected chi connectivity index (χ1v) is 6.25. The van der Waals surface area contributed by atoms with Crippen LogP contribution in [0.1, 0.15) is 39.5 Å². The Morgan fingerprint density at radius 2 is 2.25 bits per heavy atom. The molecule has 1 aliphatic rings. The van der Waals surface area contributed by atoms with E-state index in [0.717, 1.165) is 32.5 Å². The summed E-state index contributed by atoms with van der Waals surface area (Å²) in [6.45, 7) is 7.04. The molecule has 1 aliphatic heterocycles. The van der Waals surface area contributed by atoms with Gasteiger partial charge in [0.25, 0.3) is 0 Å². The molecule has 3 heteroatoms. The first-order chi connectivity index (χ1) is 7.53. The Kier molecular flexibility index (Phi) is 5.24. The van der Waals surface area contributed by atoms with E-state index in [-0.39, 0.29) is 5.41 Å².